The lowest BCUT2D eigenvalue weighted by molar-refractivity contribution is -0.129. The molecule has 2 aromatic rings. The maximum atomic E-state index is 12.3. The highest BCUT2D eigenvalue weighted by molar-refractivity contribution is 6.31. The van der Waals surface area contributed by atoms with Crippen LogP contribution in [0, 0.1) is 27.7 Å². The van der Waals surface area contributed by atoms with Gasteiger partial charge in [0, 0.05) is 23.8 Å². The Labute approximate surface area is 165 Å². The predicted molar refractivity (Wildman–Crippen MR) is 112 cm³/mol. The molecule has 2 amide bonds. The van der Waals surface area contributed by atoms with E-state index in [9.17, 15) is 9.59 Å². The molecule has 27 heavy (non-hydrogen) atoms. The van der Waals surface area contributed by atoms with Crippen LogP contribution < -0.4 is 5.32 Å². The summed E-state index contributed by atoms with van der Waals surface area (Å²) in [6.45, 7) is 7.83. The van der Waals surface area contributed by atoms with Crippen LogP contribution in [-0.2, 0) is 9.59 Å². The van der Waals surface area contributed by atoms with E-state index < -0.39 is 0 Å². The average Bonchev–Trinajstić information content (AvgIpc) is 2.58. The van der Waals surface area contributed by atoms with Crippen molar-refractivity contribution >= 4 is 35.2 Å². The first-order valence-electron chi connectivity index (χ1n) is 8.74. The van der Waals surface area contributed by atoms with Crippen LogP contribution >= 0.6 is 11.6 Å². The molecule has 0 saturated carbocycles. The Bertz CT molecular complexity index is 880. The number of nitrogens with one attached hydrogen (secondary N) is 1. The van der Waals surface area contributed by atoms with E-state index in [2.05, 4.69) is 5.32 Å². The molecule has 0 atom stereocenters. The molecule has 0 aromatic heterocycles. The van der Waals surface area contributed by atoms with Crippen LogP contribution in [0.5, 0.6) is 0 Å². The molecule has 1 N–H and O–H groups in total. The summed E-state index contributed by atoms with van der Waals surface area (Å²) < 4.78 is 0. The van der Waals surface area contributed by atoms with Crippen molar-refractivity contribution in [2.75, 3.05) is 18.9 Å². The van der Waals surface area contributed by atoms with Gasteiger partial charge in [-0.1, -0.05) is 41.4 Å². The summed E-state index contributed by atoms with van der Waals surface area (Å²) in [6.07, 6.45) is 3.13. The van der Waals surface area contributed by atoms with E-state index in [1.807, 2.05) is 52.0 Å². The first-order valence-corrected chi connectivity index (χ1v) is 9.12. The summed E-state index contributed by atoms with van der Waals surface area (Å²) in [7, 11) is 1.60. The number of carbonyl (C=O) groups excluding carboxylic acids is 2. The Morgan fingerprint density at radius 3 is 2.26 bits per heavy atom. The van der Waals surface area contributed by atoms with E-state index in [4.69, 9.17) is 11.6 Å². The topological polar surface area (TPSA) is 49.4 Å². The first-order chi connectivity index (χ1) is 12.7. The molecule has 0 heterocycles. The largest absolute Gasteiger partial charge is 0.333 e. The van der Waals surface area contributed by atoms with Gasteiger partial charge in [-0.3, -0.25) is 9.59 Å². The second kappa shape index (κ2) is 8.87. The zero-order valence-electron chi connectivity index (χ0n) is 16.4. The Hall–Kier alpha value is -2.59. The highest BCUT2D eigenvalue weighted by Crippen LogP contribution is 2.22. The zero-order valence-corrected chi connectivity index (χ0v) is 17.1. The smallest absolute Gasteiger partial charge is 0.246 e. The minimum Gasteiger partial charge on any atom is -0.333 e. The molecule has 4 nitrogen and oxygen atoms in total. The Morgan fingerprint density at radius 2 is 1.67 bits per heavy atom. The van der Waals surface area contributed by atoms with Crippen molar-refractivity contribution in [3.05, 3.63) is 69.2 Å². The number of likely N-dealkylation sites (N-methyl/N-ethyl adjacent to an activating group) is 1. The highest BCUT2D eigenvalue weighted by atomic mass is 35.5. The molecular weight excluding hydrogens is 360 g/mol. The summed E-state index contributed by atoms with van der Waals surface area (Å²) >= 11 is 6.09. The number of carbonyl (C=O) groups is 2. The molecule has 0 fully saturated rings. The van der Waals surface area contributed by atoms with Gasteiger partial charge in [0.25, 0.3) is 0 Å². The number of benzene rings is 2. The van der Waals surface area contributed by atoms with Gasteiger partial charge in [-0.2, -0.15) is 0 Å². The highest BCUT2D eigenvalue weighted by Gasteiger charge is 2.13. The average molecular weight is 385 g/mol. The van der Waals surface area contributed by atoms with Crippen molar-refractivity contribution in [3.63, 3.8) is 0 Å². The molecule has 0 aliphatic carbocycles. The molecule has 142 valence electrons. The third-order valence-corrected chi connectivity index (χ3v) is 4.72. The van der Waals surface area contributed by atoms with Gasteiger partial charge in [0.2, 0.25) is 11.8 Å². The fourth-order valence-corrected chi connectivity index (χ4v) is 3.05. The molecule has 2 aromatic carbocycles. The molecule has 0 aliphatic heterocycles. The van der Waals surface area contributed by atoms with Crippen molar-refractivity contribution in [3.8, 4) is 0 Å². The van der Waals surface area contributed by atoms with Gasteiger partial charge in [0.05, 0.1) is 6.54 Å². The van der Waals surface area contributed by atoms with Gasteiger partial charge in [-0.25, -0.2) is 0 Å². The van der Waals surface area contributed by atoms with E-state index in [1.54, 1.807) is 19.2 Å². The van der Waals surface area contributed by atoms with Gasteiger partial charge in [0.1, 0.15) is 0 Å². The summed E-state index contributed by atoms with van der Waals surface area (Å²) in [6, 6.07) is 9.63. The van der Waals surface area contributed by atoms with Crippen molar-refractivity contribution in [2.24, 2.45) is 0 Å². The summed E-state index contributed by atoms with van der Waals surface area (Å²) in [5.74, 6) is -0.480. The maximum Gasteiger partial charge on any atom is 0.246 e. The summed E-state index contributed by atoms with van der Waals surface area (Å²) in [4.78, 5) is 26.0. The second-order valence-electron chi connectivity index (χ2n) is 6.86. The van der Waals surface area contributed by atoms with Crippen molar-refractivity contribution in [1.82, 2.24) is 4.90 Å². The molecule has 0 saturated heterocycles. The fourth-order valence-electron chi connectivity index (χ4n) is 2.86. The standard InChI is InChI=1S/C22H25ClN2O2/c1-14-10-16(3)22(17(4)11-14)24-20(26)13-25(5)21(27)9-8-18-7-6-15(2)19(23)12-18/h6-12H,13H2,1-5H3,(H,24,26)/b9-8+. The van der Waals surface area contributed by atoms with Gasteiger partial charge in [-0.15, -0.1) is 0 Å². The van der Waals surface area contributed by atoms with Crippen LogP contribution in [0.15, 0.2) is 36.4 Å². The minimum atomic E-state index is -0.251. The normalized spacial score (nSPS) is 10.9. The number of hydrogen-bond acceptors (Lipinski definition) is 2. The minimum absolute atomic E-state index is 0.0232. The van der Waals surface area contributed by atoms with Crippen LogP contribution in [-0.4, -0.2) is 30.3 Å². The van der Waals surface area contributed by atoms with E-state index >= 15 is 0 Å². The molecule has 0 spiro atoms. The van der Waals surface area contributed by atoms with Gasteiger partial charge < -0.3 is 10.2 Å². The second-order valence-corrected chi connectivity index (χ2v) is 7.27. The maximum absolute atomic E-state index is 12.3. The molecule has 2 rings (SSSR count). The van der Waals surface area contributed by atoms with E-state index in [1.165, 1.54) is 11.0 Å². The molecule has 0 bridgehead atoms. The number of nitrogens with zero attached hydrogens (tertiary/aromatic N) is 1. The molecule has 0 radical (unpaired) electrons. The van der Waals surface area contributed by atoms with Crippen molar-refractivity contribution in [1.29, 1.82) is 0 Å². The zero-order chi connectivity index (χ0) is 20.1. The van der Waals surface area contributed by atoms with Crippen LogP contribution in [0.3, 0.4) is 0 Å². The fraction of sp³-hybridized carbons (Fsp3) is 0.273. The van der Waals surface area contributed by atoms with Gasteiger partial charge in [0.15, 0.2) is 0 Å². The number of amides is 2. The SMILES string of the molecule is Cc1cc(C)c(NC(=O)CN(C)C(=O)/C=C/c2ccc(C)c(Cl)c2)c(C)c1. The quantitative estimate of drug-likeness (QED) is 0.760. The van der Waals surface area contributed by atoms with E-state index in [-0.39, 0.29) is 18.4 Å². The number of hydrogen-bond donors (Lipinski definition) is 1. The molecular formula is C22H25ClN2O2. The Kier molecular flexibility index (Phi) is 6.81. The predicted octanol–water partition coefficient (Wildman–Crippen LogP) is 4.68. The molecule has 0 unspecified atom stereocenters. The molecule has 0 aliphatic rings. The monoisotopic (exact) mass is 384 g/mol. The summed E-state index contributed by atoms with van der Waals surface area (Å²) in [5.41, 5.74) is 5.78. The van der Waals surface area contributed by atoms with Crippen LogP contribution in [0.2, 0.25) is 5.02 Å². The molecule has 5 heteroatoms. The first kappa shape index (κ1) is 20.7. The Balaban J connectivity index is 1.98. The third kappa shape index (κ3) is 5.69. The Morgan fingerprint density at radius 1 is 1.04 bits per heavy atom. The van der Waals surface area contributed by atoms with Gasteiger partial charge >= 0.3 is 0 Å². The van der Waals surface area contributed by atoms with Crippen LogP contribution in [0.4, 0.5) is 5.69 Å². The van der Waals surface area contributed by atoms with Gasteiger partial charge in [-0.05, 0) is 62.1 Å². The van der Waals surface area contributed by atoms with E-state index in [0.29, 0.717) is 5.02 Å². The van der Waals surface area contributed by atoms with Crippen LogP contribution in [0.25, 0.3) is 6.08 Å². The number of anilines is 1. The van der Waals surface area contributed by atoms with Crippen molar-refractivity contribution in [2.45, 2.75) is 27.7 Å². The lowest BCUT2D eigenvalue weighted by Crippen LogP contribution is -2.34. The number of aryl methyl sites for hydroxylation is 4. The van der Waals surface area contributed by atoms with E-state index in [0.717, 1.165) is 33.5 Å². The number of rotatable bonds is 5. The number of halogens is 1. The lowest BCUT2D eigenvalue weighted by atomic mass is 10.1. The third-order valence-electron chi connectivity index (χ3n) is 4.31. The summed E-state index contributed by atoms with van der Waals surface area (Å²) in [5, 5.41) is 3.56. The van der Waals surface area contributed by atoms with Crippen LogP contribution in [0.1, 0.15) is 27.8 Å². The van der Waals surface area contributed by atoms with Crippen molar-refractivity contribution < 1.29 is 9.59 Å². The lowest BCUT2D eigenvalue weighted by Gasteiger charge is -2.17.